The Morgan fingerprint density at radius 2 is 1.58 bits per heavy atom. The number of quaternary nitrogens is 1. The van der Waals surface area contributed by atoms with Crippen LogP contribution in [0.25, 0.3) is 4.85 Å². The molecule has 1 aromatic rings. The summed E-state index contributed by atoms with van der Waals surface area (Å²) in [6.07, 6.45) is 1.13. The van der Waals surface area contributed by atoms with Gasteiger partial charge in [0.15, 0.2) is 17.4 Å². The summed E-state index contributed by atoms with van der Waals surface area (Å²) in [5.74, 6) is -9.55. The lowest BCUT2D eigenvalue weighted by Crippen LogP contribution is -2.45. The van der Waals surface area contributed by atoms with Crippen molar-refractivity contribution in [1.82, 2.24) is 5.32 Å². The first-order chi connectivity index (χ1) is 19.7. The molecule has 8 nitrogen and oxygen atoms in total. The lowest BCUT2D eigenvalue weighted by molar-refractivity contribution is -0.890. The maximum absolute atomic E-state index is 15.4. The van der Waals surface area contributed by atoms with E-state index in [1.807, 2.05) is 14.1 Å². The molecule has 0 aliphatic rings. The Labute approximate surface area is 263 Å². The number of rotatable bonds is 19. The molecular weight excluding hydrogens is 631 g/mol. The van der Waals surface area contributed by atoms with Gasteiger partial charge >= 0.3 is 0 Å². The van der Waals surface area contributed by atoms with Crippen molar-refractivity contribution in [2.75, 3.05) is 51.8 Å². The Morgan fingerprint density at radius 3 is 2.09 bits per heavy atom. The van der Waals surface area contributed by atoms with Gasteiger partial charge in [-0.1, -0.05) is 0 Å². The number of halogens is 4. The summed E-state index contributed by atoms with van der Waals surface area (Å²) in [5.41, 5.74) is -2.09. The van der Waals surface area contributed by atoms with Crippen LogP contribution in [0.4, 0.5) is 17.6 Å². The summed E-state index contributed by atoms with van der Waals surface area (Å²) in [6, 6.07) is 0. The van der Waals surface area contributed by atoms with Crippen molar-refractivity contribution in [2.45, 2.75) is 75.5 Å². The molecule has 0 radical (unpaired) electrons. The molecule has 2 atom stereocenters. The molecule has 1 amide bonds. The molecular formula is C28H44F4N3O5S3+. The Hall–Kier alpha value is -1.73. The lowest BCUT2D eigenvalue weighted by Gasteiger charge is -2.31. The SMILES string of the molecule is [C-]#[N+]C(C)(C)CC(CC(C)(S)C(=O)NCCC[N+](C)(C)CCCS(=O)(=O)O)c1c(F)c(F)c(OCCCCS)c(F)c1F. The fourth-order valence-corrected chi connectivity index (χ4v) is 5.70. The van der Waals surface area contributed by atoms with E-state index < -0.39 is 66.8 Å². The molecule has 0 spiro atoms. The Bertz CT molecular complexity index is 1230. The van der Waals surface area contributed by atoms with Gasteiger partial charge < -0.3 is 19.4 Å². The van der Waals surface area contributed by atoms with E-state index >= 15 is 8.78 Å². The highest BCUT2D eigenvalue weighted by Crippen LogP contribution is 2.42. The number of carbonyl (C=O) groups is 1. The van der Waals surface area contributed by atoms with Gasteiger partial charge in [0.1, 0.15) is 0 Å². The maximum Gasteiger partial charge on any atom is 0.265 e. The molecule has 1 aromatic carbocycles. The summed E-state index contributed by atoms with van der Waals surface area (Å²) in [7, 11) is -0.304. The first-order valence-electron chi connectivity index (χ1n) is 13.9. The first-order valence-corrected chi connectivity index (χ1v) is 16.6. The molecule has 246 valence electrons. The van der Waals surface area contributed by atoms with Crippen molar-refractivity contribution in [3.8, 4) is 5.75 Å². The summed E-state index contributed by atoms with van der Waals surface area (Å²) in [6.45, 7) is 13.0. The second kappa shape index (κ2) is 16.5. The minimum absolute atomic E-state index is 0.170. The van der Waals surface area contributed by atoms with Crippen LogP contribution < -0.4 is 10.1 Å². The molecule has 0 fully saturated rings. The van der Waals surface area contributed by atoms with E-state index in [1.54, 1.807) is 0 Å². The number of benzene rings is 1. The number of amides is 1. The third kappa shape index (κ3) is 13.0. The van der Waals surface area contributed by atoms with Gasteiger partial charge in [-0.2, -0.15) is 42.5 Å². The van der Waals surface area contributed by atoms with Gasteiger partial charge in [-0.25, -0.2) is 15.4 Å². The summed E-state index contributed by atoms with van der Waals surface area (Å²) >= 11 is 8.48. The van der Waals surface area contributed by atoms with E-state index in [2.05, 4.69) is 35.4 Å². The number of nitrogens with zero attached hydrogens (tertiary/aromatic N) is 2. The summed E-state index contributed by atoms with van der Waals surface area (Å²) < 4.78 is 95.4. The molecule has 0 saturated heterocycles. The maximum atomic E-state index is 15.4. The number of carbonyl (C=O) groups excluding carboxylic acids is 1. The third-order valence-corrected chi connectivity index (χ3v) is 8.54. The molecule has 0 aromatic heterocycles. The summed E-state index contributed by atoms with van der Waals surface area (Å²) in [4.78, 5) is 16.6. The van der Waals surface area contributed by atoms with Crippen molar-refractivity contribution >= 4 is 41.3 Å². The van der Waals surface area contributed by atoms with Gasteiger partial charge in [0.05, 0.1) is 44.3 Å². The molecule has 2 unspecified atom stereocenters. The van der Waals surface area contributed by atoms with Crippen molar-refractivity contribution in [3.05, 3.63) is 40.2 Å². The molecule has 2 N–H and O–H groups in total. The van der Waals surface area contributed by atoms with Crippen LogP contribution in [-0.4, -0.2) is 85.5 Å². The minimum atomic E-state index is -4.05. The van der Waals surface area contributed by atoms with Crippen LogP contribution in [0.5, 0.6) is 5.75 Å². The lowest BCUT2D eigenvalue weighted by atomic mass is 9.79. The number of hydrogen-bond acceptors (Lipinski definition) is 6. The smallest absolute Gasteiger partial charge is 0.265 e. The van der Waals surface area contributed by atoms with Gasteiger partial charge in [-0.3, -0.25) is 9.35 Å². The Kier molecular flexibility index (Phi) is 15.1. The molecule has 0 saturated carbocycles. The molecule has 1 rings (SSSR count). The van der Waals surface area contributed by atoms with Gasteiger partial charge in [-0.15, -0.1) is 0 Å². The van der Waals surface area contributed by atoms with Crippen LogP contribution in [0.3, 0.4) is 0 Å². The van der Waals surface area contributed by atoms with Gasteiger partial charge in [-0.05, 0) is 37.9 Å². The average molecular weight is 675 g/mol. The number of thiol groups is 2. The summed E-state index contributed by atoms with van der Waals surface area (Å²) in [5, 5.41) is 2.72. The highest BCUT2D eigenvalue weighted by Gasteiger charge is 2.41. The predicted octanol–water partition coefficient (Wildman–Crippen LogP) is 5.44. The fourth-order valence-electron chi connectivity index (χ4n) is 4.69. The normalized spacial score (nSPS) is 14.6. The van der Waals surface area contributed by atoms with E-state index in [0.29, 0.717) is 42.6 Å². The van der Waals surface area contributed by atoms with Crippen LogP contribution in [0, 0.1) is 29.8 Å². The quantitative estimate of drug-likeness (QED) is 0.0298. The van der Waals surface area contributed by atoms with Crippen LogP contribution in [0.2, 0.25) is 0 Å². The van der Waals surface area contributed by atoms with Crippen molar-refractivity contribution in [3.63, 3.8) is 0 Å². The highest BCUT2D eigenvalue weighted by molar-refractivity contribution is 7.85. The predicted molar refractivity (Wildman–Crippen MR) is 165 cm³/mol. The molecule has 0 aliphatic heterocycles. The molecule has 43 heavy (non-hydrogen) atoms. The van der Waals surface area contributed by atoms with Crippen LogP contribution in [0.1, 0.15) is 70.8 Å². The molecule has 0 heterocycles. The van der Waals surface area contributed by atoms with Crippen LogP contribution in [0.15, 0.2) is 0 Å². The molecule has 0 aliphatic carbocycles. The zero-order chi connectivity index (χ0) is 33.2. The minimum Gasteiger partial charge on any atom is -0.487 e. The first kappa shape index (κ1) is 39.3. The molecule has 15 heteroatoms. The standard InChI is InChI=1S/C28H43F4N3O5S3/c1-27(2,33-4)17-19(20-21(29)23(31)25(24(32)22(20)30)40-14-7-8-15-41)18-28(3,42)26(36)34-11-9-12-35(5,6)13-10-16-43(37,38)39/h19H,7-18H2,1-3,5-6H3,(H3-,34,36,37,38,39,41,42)/p+1. The van der Waals surface area contributed by atoms with E-state index in [-0.39, 0.29) is 38.2 Å². The van der Waals surface area contributed by atoms with Crippen molar-refractivity contribution in [1.29, 1.82) is 0 Å². The number of unbranched alkanes of at least 4 members (excludes halogenated alkanes) is 1. The van der Waals surface area contributed by atoms with E-state index in [4.69, 9.17) is 15.9 Å². The van der Waals surface area contributed by atoms with Gasteiger partial charge in [0.2, 0.25) is 23.1 Å². The van der Waals surface area contributed by atoms with E-state index in [0.717, 1.165) is 0 Å². The van der Waals surface area contributed by atoms with Gasteiger partial charge in [0.25, 0.3) is 10.1 Å². The number of nitrogens with one attached hydrogen (secondary N) is 1. The van der Waals surface area contributed by atoms with Gasteiger partial charge in [0, 0.05) is 45.2 Å². The Balaban J connectivity index is 3.11. The van der Waals surface area contributed by atoms with Crippen LogP contribution >= 0.6 is 25.3 Å². The monoisotopic (exact) mass is 674 g/mol. The van der Waals surface area contributed by atoms with Crippen molar-refractivity contribution in [2.24, 2.45) is 0 Å². The second-order valence-corrected chi connectivity index (χ2v) is 15.2. The topological polar surface area (TPSA) is 97.1 Å². The van der Waals surface area contributed by atoms with Crippen LogP contribution in [-0.2, 0) is 14.9 Å². The van der Waals surface area contributed by atoms with E-state index in [9.17, 15) is 22.0 Å². The zero-order valence-corrected chi connectivity index (χ0v) is 28.0. The number of hydrogen-bond donors (Lipinski definition) is 4. The number of ether oxygens (including phenoxy) is 1. The highest BCUT2D eigenvalue weighted by atomic mass is 32.2. The third-order valence-electron chi connectivity index (χ3n) is 7.04. The second-order valence-electron chi connectivity index (χ2n) is 12.2. The average Bonchev–Trinajstić information content (AvgIpc) is 2.88. The largest absolute Gasteiger partial charge is 0.487 e. The Morgan fingerprint density at radius 1 is 1.02 bits per heavy atom. The van der Waals surface area contributed by atoms with Crippen molar-refractivity contribution < 1.29 is 44.5 Å². The zero-order valence-electron chi connectivity index (χ0n) is 25.4. The molecule has 0 bridgehead atoms. The van der Waals surface area contributed by atoms with E-state index in [1.165, 1.54) is 20.8 Å². The fraction of sp³-hybridized carbons (Fsp3) is 0.714.